The molecule has 1 aromatic rings. The summed E-state index contributed by atoms with van der Waals surface area (Å²) in [6, 6.07) is 1.53. The van der Waals surface area contributed by atoms with Gasteiger partial charge in [-0.05, 0) is 13.0 Å². The summed E-state index contributed by atoms with van der Waals surface area (Å²) in [4.78, 5) is 15.4. The second-order valence-corrected chi connectivity index (χ2v) is 3.39. The summed E-state index contributed by atoms with van der Waals surface area (Å²) in [5.74, 6) is 0.108. The molecule has 82 valence electrons. The molecule has 0 saturated heterocycles. The molecule has 5 heteroatoms. The molecule has 1 heterocycles. The van der Waals surface area contributed by atoms with Gasteiger partial charge in [0, 0.05) is 19.2 Å². The van der Waals surface area contributed by atoms with E-state index in [0.29, 0.717) is 30.2 Å². The third kappa shape index (κ3) is 3.49. The fourth-order valence-corrected chi connectivity index (χ4v) is 1.27. The third-order valence-electron chi connectivity index (χ3n) is 1.86. The molecule has 0 radical (unpaired) electrons. The molecule has 1 aromatic heterocycles. The first-order chi connectivity index (χ1) is 7.15. The first kappa shape index (κ1) is 11.9. The maximum atomic E-state index is 11.6. The van der Waals surface area contributed by atoms with E-state index in [1.807, 2.05) is 6.92 Å². The first-order valence-electron chi connectivity index (χ1n) is 4.67. The highest BCUT2D eigenvalue weighted by molar-refractivity contribution is 6.31. The molecule has 1 rings (SSSR count). The van der Waals surface area contributed by atoms with Crippen LogP contribution in [0.25, 0.3) is 0 Å². The molecule has 0 fully saturated rings. The van der Waals surface area contributed by atoms with E-state index in [0.717, 1.165) is 0 Å². The third-order valence-corrected chi connectivity index (χ3v) is 2.07. The number of ether oxygens (including phenoxy) is 1. The minimum atomic E-state index is -0.101. The van der Waals surface area contributed by atoms with Gasteiger partial charge in [0.25, 0.3) is 0 Å². The van der Waals surface area contributed by atoms with E-state index in [4.69, 9.17) is 22.1 Å². The van der Waals surface area contributed by atoms with Crippen LogP contribution in [0.5, 0.6) is 0 Å². The summed E-state index contributed by atoms with van der Waals surface area (Å²) in [6.45, 7) is 2.86. The van der Waals surface area contributed by atoms with Gasteiger partial charge in [-0.1, -0.05) is 11.6 Å². The summed E-state index contributed by atoms with van der Waals surface area (Å²) in [5, 5.41) is 0.406. The van der Waals surface area contributed by atoms with E-state index in [9.17, 15) is 4.79 Å². The van der Waals surface area contributed by atoms with Crippen molar-refractivity contribution >= 4 is 23.2 Å². The Labute approximate surface area is 93.4 Å². The van der Waals surface area contributed by atoms with E-state index < -0.39 is 0 Å². The van der Waals surface area contributed by atoms with Crippen LogP contribution in [0.15, 0.2) is 12.3 Å². The molecule has 2 N–H and O–H groups in total. The Bertz CT molecular complexity index is 355. The van der Waals surface area contributed by atoms with E-state index in [1.165, 1.54) is 12.3 Å². The lowest BCUT2D eigenvalue weighted by molar-refractivity contribution is 0.0896. The second-order valence-electron chi connectivity index (χ2n) is 2.96. The van der Waals surface area contributed by atoms with Crippen molar-refractivity contribution in [2.45, 2.75) is 13.3 Å². The Balaban J connectivity index is 2.68. The molecule has 0 unspecified atom stereocenters. The summed E-state index contributed by atoms with van der Waals surface area (Å²) in [5.41, 5.74) is 5.93. The number of hydrogen-bond donors (Lipinski definition) is 1. The van der Waals surface area contributed by atoms with Crippen molar-refractivity contribution in [3.63, 3.8) is 0 Å². The maximum absolute atomic E-state index is 11.6. The number of nitrogens with two attached hydrogens (primary N) is 1. The van der Waals surface area contributed by atoms with Gasteiger partial charge in [0.1, 0.15) is 5.82 Å². The predicted octanol–water partition coefficient (Wildman–Crippen LogP) is 1.93. The molecule has 0 aromatic carbocycles. The normalized spacial score (nSPS) is 10.3. The molecule has 4 nitrogen and oxygen atoms in total. The molecule has 15 heavy (non-hydrogen) atoms. The number of pyridine rings is 1. The maximum Gasteiger partial charge on any atom is 0.168 e. The number of hydrogen-bond acceptors (Lipinski definition) is 4. The van der Waals surface area contributed by atoms with Crippen molar-refractivity contribution in [1.29, 1.82) is 0 Å². The van der Waals surface area contributed by atoms with Gasteiger partial charge in [-0.25, -0.2) is 4.98 Å². The Hall–Kier alpha value is -1.13. The number of halogens is 1. The molecule has 0 atom stereocenters. The topological polar surface area (TPSA) is 65.2 Å². The largest absolute Gasteiger partial charge is 0.383 e. The molecule has 0 aliphatic heterocycles. The summed E-state index contributed by atoms with van der Waals surface area (Å²) >= 11 is 5.72. The minimum Gasteiger partial charge on any atom is -0.383 e. The summed E-state index contributed by atoms with van der Waals surface area (Å²) in [7, 11) is 0. The molecular weight excluding hydrogens is 216 g/mol. The number of aromatic nitrogens is 1. The number of nitrogens with zero attached hydrogens (tertiary/aromatic N) is 1. The van der Waals surface area contributed by atoms with Crippen LogP contribution in [0.1, 0.15) is 23.7 Å². The van der Waals surface area contributed by atoms with Crippen LogP contribution in [0.3, 0.4) is 0 Å². The van der Waals surface area contributed by atoms with Gasteiger partial charge < -0.3 is 10.5 Å². The van der Waals surface area contributed by atoms with Gasteiger partial charge in [0.15, 0.2) is 5.78 Å². The van der Waals surface area contributed by atoms with Crippen LogP contribution in [-0.4, -0.2) is 24.0 Å². The van der Waals surface area contributed by atoms with Crippen molar-refractivity contribution in [3.8, 4) is 0 Å². The predicted molar refractivity (Wildman–Crippen MR) is 59.1 cm³/mol. The SMILES string of the molecule is CCOCCC(=O)c1cc(Cl)cnc1N. The van der Waals surface area contributed by atoms with Crippen molar-refractivity contribution < 1.29 is 9.53 Å². The van der Waals surface area contributed by atoms with Crippen molar-refractivity contribution in [2.75, 3.05) is 18.9 Å². The molecule has 0 aliphatic rings. The molecule has 0 bridgehead atoms. The Kier molecular flexibility index (Phi) is 4.52. The number of nitrogen functional groups attached to an aromatic ring is 1. The zero-order valence-corrected chi connectivity index (χ0v) is 9.25. The van der Waals surface area contributed by atoms with Gasteiger partial charge >= 0.3 is 0 Å². The minimum absolute atomic E-state index is 0.101. The Morgan fingerprint density at radius 2 is 2.40 bits per heavy atom. The van der Waals surface area contributed by atoms with E-state index >= 15 is 0 Å². The first-order valence-corrected chi connectivity index (χ1v) is 5.05. The molecule has 0 spiro atoms. The van der Waals surface area contributed by atoms with E-state index in [-0.39, 0.29) is 11.6 Å². The lowest BCUT2D eigenvalue weighted by atomic mass is 10.1. The van der Waals surface area contributed by atoms with E-state index in [2.05, 4.69) is 4.98 Å². The fraction of sp³-hybridized carbons (Fsp3) is 0.400. The number of ketones is 1. The smallest absolute Gasteiger partial charge is 0.168 e. The highest BCUT2D eigenvalue weighted by Gasteiger charge is 2.11. The lowest BCUT2D eigenvalue weighted by Crippen LogP contribution is -2.08. The zero-order chi connectivity index (χ0) is 11.3. The summed E-state index contributed by atoms with van der Waals surface area (Å²) < 4.78 is 5.08. The number of carbonyl (C=O) groups excluding carboxylic acids is 1. The average Bonchev–Trinajstić information content (AvgIpc) is 2.22. The van der Waals surface area contributed by atoms with E-state index in [1.54, 1.807) is 0 Å². The zero-order valence-electron chi connectivity index (χ0n) is 8.50. The van der Waals surface area contributed by atoms with Gasteiger partial charge in [-0.3, -0.25) is 4.79 Å². The van der Waals surface area contributed by atoms with Crippen molar-refractivity contribution in [1.82, 2.24) is 4.98 Å². The monoisotopic (exact) mass is 228 g/mol. The van der Waals surface area contributed by atoms with Crippen LogP contribution in [0.2, 0.25) is 5.02 Å². The van der Waals surface area contributed by atoms with Crippen LogP contribution < -0.4 is 5.73 Å². The van der Waals surface area contributed by atoms with Crippen molar-refractivity contribution in [3.05, 3.63) is 22.8 Å². The summed E-state index contributed by atoms with van der Waals surface area (Å²) in [6.07, 6.45) is 1.70. The second kappa shape index (κ2) is 5.68. The molecule has 0 saturated carbocycles. The standard InChI is InChI=1S/C10H13ClN2O2/c1-2-15-4-3-9(14)8-5-7(11)6-13-10(8)12/h5-6H,2-4H2,1H3,(H2,12,13). The van der Waals surface area contributed by atoms with Crippen LogP contribution in [0.4, 0.5) is 5.82 Å². The van der Waals surface area contributed by atoms with Crippen LogP contribution in [0, 0.1) is 0 Å². The number of carbonyl (C=O) groups is 1. The van der Waals surface area contributed by atoms with Crippen molar-refractivity contribution in [2.24, 2.45) is 0 Å². The average molecular weight is 229 g/mol. The highest BCUT2D eigenvalue weighted by Crippen LogP contribution is 2.16. The number of anilines is 1. The lowest BCUT2D eigenvalue weighted by Gasteiger charge is -2.04. The fourth-order valence-electron chi connectivity index (χ4n) is 1.12. The van der Waals surface area contributed by atoms with Gasteiger partial charge in [0.2, 0.25) is 0 Å². The molecule has 0 aliphatic carbocycles. The Morgan fingerprint density at radius 1 is 1.67 bits per heavy atom. The Morgan fingerprint density at radius 3 is 3.07 bits per heavy atom. The number of rotatable bonds is 5. The molecular formula is C10H13ClN2O2. The molecule has 0 amide bonds. The van der Waals surface area contributed by atoms with Crippen LogP contribution >= 0.6 is 11.6 Å². The number of Topliss-reactive ketones (excluding diaryl/α,β-unsaturated/α-hetero) is 1. The van der Waals surface area contributed by atoms with Gasteiger partial charge in [-0.2, -0.15) is 0 Å². The van der Waals surface area contributed by atoms with Crippen LogP contribution in [-0.2, 0) is 4.74 Å². The highest BCUT2D eigenvalue weighted by atomic mass is 35.5. The van der Waals surface area contributed by atoms with Gasteiger partial charge in [-0.15, -0.1) is 0 Å². The quantitative estimate of drug-likeness (QED) is 0.618. The van der Waals surface area contributed by atoms with Gasteiger partial charge in [0.05, 0.1) is 17.2 Å².